The molecule has 6 nitrogen and oxygen atoms in total. The molecule has 2 N–H and O–H groups in total. The summed E-state index contributed by atoms with van der Waals surface area (Å²) in [4.78, 5) is 3.23. The highest BCUT2D eigenvalue weighted by Gasteiger charge is 2.32. The van der Waals surface area contributed by atoms with Gasteiger partial charge in [-0.3, -0.25) is 0 Å². The molecular formula is C7H4F3N3O3S. The molecule has 0 aliphatic rings. The minimum Gasteiger partial charge on any atom is -0.406 e. The van der Waals surface area contributed by atoms with Crippen LogP contribution in [0.3, 0.4) is 0 Å². The lowest BCUT2D eigenvalue weighted by Crippen LogP contribution is -2.19. The highest BCUT2D eigenvalue weighted by Crippen LogP contribution is 2.24. The molecule has 0 bridgehead atoms. The Bertz CT molecular complexity index is 576. The van der Waals surface area contributed by atoms with E-state index in [0.29, 0.717) is 12.1 Å². The smallest absolute Gasteiger partial charge is 0.406 e. The summed E-state index contributed by atoms with van der Waals surface area (Å²) in [5.74, 6) is -0.881. The Morgan fingerprint density at radius 1 is 1.41 bits per heavy atom. The highest BCUT2D eigenvalue weighted by atomic mass is 32.2. The fourth-order valence-corrected chi connectivity index (χ4v) is 1.38. The van der Waals surface area contributed by atoms with Crippen LogP contribution in [0.5, 0.6) is 5.75 Å². The van der Waals surface area contributed by atoms with Gasteiger partial charge in [-0.2, -0.15) is 5.26 Å². The zero-order valence-corrected chi connectivity index (χ0v) is 8.71. The summed E-state index contributed by atoms with van der Waals surface area (Å²) in [6.45, 7) is 0. The summed E-state index contributed by atoms with van der Waals surface area (Å²) in [5.41, 5.74) is -0.559. The highest BCUT2D eigenvalue weighted by molar-refractivity contribution is 7.89. The van der Waals surface area contributed by atoms with Crippen molar-refractivity contribution in [2.45, 2.75) is 11.4 Å². The standard InChI is InChI=1S/C7H4F3N3O3S/c8-7(9,10)16-5-1-4(3-11)13-6(2-5)17(12,14)15/h1-2H,(H2,12,14,15). The average Bonchev–Trinajstić information content (AvgIpc) is 2.13. The van der Waals surface area contributed by atoms with Gasteiger partial charge in [0.25, 0.3) is 10.0 Å². The molecule has 92 valence electrons. The summed E-state index contributed by atoms with van der Waals surface area (Å²) in [6.07, 6.45) is -5.01. The molecule has 0 saturated heterocycles. The van der Waals surface area contributed by atoms with E-state index in [4.69, 9.17) is 5.26 Å². The third-order valence-electron chi connectivity index (χ3n) is 1.41. The second kappa shape index (κ2) is 4.19. The van der Waals surface area contributed by atoms with Crippen LogP contribution in [0.1, 0.15) is 5.69 Å². The maximum absolute atomic E-state index is 11.9. The SMILES string of the molecule is N#Cc1cc(OC(F)(F)F)cc(S(N)(=O)=O)n1. The number of ether oxygens (including phenoxy) is 1. The van der Waals surface area contributed by atoms with Gasteiger partial charge in [0.2, 0.25) is 0 Å². The van der Waals surface area contributed by atoms with E-state index < -0.39 is 32.9 Å². The van der Waals surface area contributed by atoms with Crippen LogP contribution in [0.2, 0.25) is 0 Å². The number of primary sulfonamides is 1. The van der Waals surface area contributed by atoms with Crippen LogP contribution in [0.4, 0.5) is 13.2 Å². The third-order valence-corrected chi connectivity index (χ3v) is 2.21. The number of aromatic nitrogens is 1. The van der Waals surface area contributed by atoms with E-state index in [9.17, 15) is 21.6 Å². The van der Waals surface area contributed by atoms with Crippen molar-refractivity contribution in [3.05, 3.63) is 17.8 Å². The Balaban J connectivity index is 3.31. The first kappa shape index (κ1) is 13.2. The van der Waals surface area contributed by atoms with E-state index in [1.165, 1.54) is 6.07 Å². The molecule has 0 amide bonds. The van der Waals surface area contributed by atoms with Crippen molar-refractivity contribution in [1.82, 2.24) is 4.98 Å². The Labute approximate surface area is 93.5 Å². The van der Waals surface area contributed by atoms with E-state index in [2.05, 4.69) is 14.9 Å². The molecule has 0 aliphatic heterocycles. The number of alkyl halides is 3. The molecule has 0 aromatic carbocycles. The lowest BCUT2D eigenvalue weighted by molar-refractivity contribution is -0.274. The maximum Gasteiger partial charge on any atom is 0.573 e. The van der Waals surface area contributed by atoms with Crippen molar-refractivity contribution >= 4 is 10.0 Å². The molecule has 0 radical (unpaired) electrons. The molecule has 0 spiro atoms. The van der Waals surface area contributed by atoms with Gasteiger partial charge in [0, 0.05) is 12.1 Å². The van der Waals surface area contributed by atoms with Crippen LogP contribution < -0.4 is 9.88 Å². The summed E-state index contributed by atoms with van der Waals surface area (Å²) in [7, 11) is -4.32. The molecule has 0 saturated carbocycles. The van der Waals surface area contributed by atoms with Gasteiger partial charge >= 0.3 is 6.36 Å². The molecule has 1 aromatic heterocycles. The summed E-state index contributed by atoms with van der Waals surface area (Å²) in [5, 5.41) is 12.3. The fraction of sp³-hybridized carbons (Fsp3) is 0.143. The lowest BCUT2D eigenvalue weighted by atomic mass is 10.3. The van der Waals surface area contributed by atoms with Crippen molar-refractivity contribution < 1.29 is 26.3 Å². The van der Waals surface area contributed by atoms with Gasteiger partial charge in [0.1, 0.15) is 17.5 Å². The fourth-order valence-electron chi connectivity index (χ4n) is 0.877. The second-order valence-corrected chi connectivity index (χ2v) is 4.24. The number of hydrogen-bond acceptors (Lipinski definition) is 5. The normalized spacial score (nSPS) is 11.9. The largest absolute Gasteiger partial charge is 0.573 e. The van der Waals surface area contributed by atoms with Crippen molar-refractivity contribution in [3.63, 3.8) is 0 Å². The van der Waals surface area contributed by atoms with E-state index in [1.807, 2.05) is 0 Å². The number of rotatable bonds is 2. The van der Waals surface area contributed by atoms with Crippen LogP contribution in [0.25, 0.3) is 0 Å². The van der Waals surface area contributed by atoms with Gasteiger partial charge in [0.05, 0.1) is 0 Å². The molecule has 10 heteroatoms. The van der Waals surface area contributed by atoms with Gasteiger partial charge in [-0.25, -0.2) is 18.5 Å². The average molecular weight is 267 g/mol. The molecule has 0 fully saturated rings. The van der Waals surface area contributed by atoms with E-state index in [0.717, 1.165) is 0 Å². The molecule has 1 rings (SSSR count). The first-order valence-corrected chi connectivity index (χ1v) is 5.37. The van der Waals surface area contributed by atoms with E-state index in [-0.39, 0.29) is 0 Å². The Morgan fingerprint density at radius 3 is 2.41 bits per heavy atom. The van der Waals surface area contributed by atoms with Gasteiger partial charge in [-0.1, -0.05) is 0 Å². The lowest BCUT2D eigenvalue weighted by Gasteiger charge is -2.09. The van der Waals surface area contributed by atoms with E-state index >= 15 is 0 Å². The quantitative estimate of drug-likeness (QED) is 0.839. The number of halogens is 3. The van der Waals surface area contributed by atoms with Crippen molar-refractivity contribution in [3.8, 4) is 11.8 Å². The molecule has 17 heavy (non-hydrogen) atoms. The predicted octanol–water partition coefficient (Wildman–Crippen LogP) is 0.499. The van der Waals surface area contributed by atoms with E-state index in [1.54, 1.807) is 0 Å². The van der Waals surface area contributed by atoms with Gasteiger partial charge in [-0.15, -0.1) is 13.2 Å². The third kappa shape index (κ3) is 3.89. The van der Waals surface area contributed by atoms with Crippen molar-refractivity contribution in [1.29, 1.82) is 5.26 Å². The minimum atomic E-state index is -5.01. The monoisotopic (exact) mass is 267 g/mol. The van der Waals surface area contributed by atoms with Gasteiger partial charge in [0.15, 0.2) is 5.03 Å². The maximum atomic E-state index is 11.9. The predicted molar refractivity (Wildman–Crippen MR) is 47.0 cm³/mol. The zero-order chi connectivity index (χ0) is 13.3. The Kier molecular flexibility index (Phi) is 3.25. The van der Waals surface area contributed by atoms with Gasteiger partial charge in [-0.05, 0) is 0 Å². The second-order valence-electron chi connectivity index (χ2n) is 2.73. The number of nitrogens with zero attached hydrogens (tertiary/aromatic N) is 2. The van der Waals surface area contributed by atoms with Crippen LogP contribution >= 0.6 is 0 Å². The summed E-state index contributed by atoms with van der Waals surface area (Å²) < 4.78 is 60.9. The first-order chi connectivity index (χ1) is 7.62. The molecule has 1 aromatic rings. The number of hydrogen-bond donors (Lipinski definition) is 1. The van der Waals surface area contributed by atoms with Crippen molar-refractivity contribution in [2.24, 2.45) is 5.14 Å². The number of nitrogens with two attached hydrogens (primary N) is 1. The first-order valence-electron chi connectivity index (χ1n) is 3.82. The minimum absolute atomic E-state index is 0.476. The van der Waals surface area contributed by atoms with Gasteiger partial charge < -0.3 is 4.74 Å². The van der Waals surface area contributed by atoms with Crippen LogP contribution in [0.15, 0.2) is 17.2 Å². The Morgan fingerprint density at radius 2 is 2.00 bits per heavy atom. The Hall–Kier alpha value is -1.86. The topological polar surface area (TPSA) is 106 Å². The van der Waals surface area contributed by atoms with Crippen LogP contribution in [0, 0.1) is 11.3 Å². The molecular weight excluding hydrogens is 263 g/mol. The summed E-state index contributed by atoms with van der Waals surface area (Å²) in [6, 6.07) is 2.50. The molecule has 0 unspecified atom stereocenters. The number of pyridine rings is 1. The van der Waals surface area contributed by atoms with Crippen LogP contribution in [-0.4, -0.2) is 19.8 Å². The molecule has 0 aliphatic carbocycles. The van der Waals surface area contributed by atoms with Crippen molar-refractivity contribution in [2.75, 3.05) is 0 Å². The molecule has 0 atom stereocenters. The number of sulfonamides is 1. The van der Waals surface area contributed by atoms with Crippen LogP contribution in [-0.2, 0) is 10.0 Å². The summed E-state index contributed by atoms with van der Waals surface area (Å²) >= 11 is 0. The zero-order valence-electron chi connectivity index (χ0n) is 7.89. The molecule has 1 heterocycles. The number of nitriles is 1.